The highest BCUT2D eigenvalue weighted by Gasteiger charge is 2.20. The Morgan fingerprint density at radius 1 is 1.07 bits per heavy atom. The van der Waals surface area contributed by atoms with Crippen LogP contribution in [0.15, 0.2) is 42.5 Å². The number of anilines is 2. The molecule has 1 fully saturated rings. The Morgan fingerprint density at radius 3 is 2.38 bits per heavy atom. The Hall–Kier alpha value is -2.93. The molecule has 6 nitrogen and oxygen atoms in total. The van der Waals surface area contributed by atoms with E-state index in [0.717, 1.165) is 38.4 Å². The monoisotopic (exact) mass is 399 g/mol. The van der Waals surface area contributed by atoms with Crippen molar-refractivity contribution in [3.8, 4) is 0 Å². The highest BCUT2D eigenvalue weighted by Crippen LogP contribution is 2.29. The molecule has 0 atom stereocenters. The summed E-state index contributed by atoms with van der Waals surface area (Å²) >= 11 is 0. The minimum Gasteiger partial charge on any atom is -0.465 e. The van der Waals surface area contributed by atoms with Crippen LogP contribution in [0.4, 0.5) is 15.8 Å². The van der Waals surface area contributed by atoms with Gasteiger partial charge in [-0.15, -0.1) is 0 Å². The first kappa shape index (κ1) is 20.8. The summed E-state index contributed by atoms with van der Waals surface area (Å²) in [6.45, 7) is 6.72. The zero-order valence-corrected chi connectivity index (χ0v) is 16.8. The van der Waals surface area contributed by atoms with E-state index >= 15 is 0 Å². The lowest BCUT2D eigenvalue weighted by Gasteiger charge is -2.36. The standard InChI is InChI=1S/C22H26FN3O3/c1-3-25-10-12-26(13-11-25)20-9-6-17(22(28)29-2)15-19(20)24-21(27)14-16-4-7-18(23)8-5-16/h4-9,15H,3,10-14H2,1-2H3,(H,24,27). The maximum absolute atomic E-state index is 13.1. The van der Waals surface area contributed by atoms with E-state index in [0.29, 0.717) is 16.8 Å². The molecule has 7 heteroatoms. The van der Waals surface area contributed by atoms with Crippen molar-refractivity contribution >= 4 is 23.3 Å². The van der Waals surface area contributed by atoms with Gasteiger partial charge < -0.3 is 19.9 Å². The molecular formula is C22H26FN3O3. The molecule has 0 aromatic heterocycles. The molecule has 154 valence electrons. The van der Waals surface area contributed by atoms with Gasteiger partial charge >= 0.3 is 5.97 Å². The third kappa shape index (κ3) is 5.32. The number of likely N-dealkylation sites (N-methyl/N-ethyl adjacent to an activating group) is 1. The van der Waals surface area contributed by atoms with E-state index in [-0.39, 0.29) is 18.1 Å². The zero-order chi connectivity index (χ0) is 20.8. The molecule has 1 saturated heterocycles. The fraction of sp³-hybridized carbons (Fsp3) is 0.364. The molecule has 3 rings (SSSR count). The molecule has 1 amide bonds. The minimum atomic E-state index is -0.457. The third-order valence-corrected chi connectivity index (χ3v) is 5.13. The molecule has 0 unspecified atom stereocenters. The van der Waals surface area contributed by atoms with Crippen molar-refractivity contribution in [3.05, 3.63) is 59.4 Å². The molecule has 2 aromatic rings. The number of nitrogens with zero attached hydrogens (tertiary/aromatic N) is 2. The summed E-state index contributed by atoms with van der Waals surface area (Å²) in [6, 6.07) is 11.0. The number of hydrogen-bond acceptors (Lipinski definition) is 5. The zero-order valence-electron chi connectivity index (χ0n) is 16.8. The molecule has 1 N–H and O–H groups in total. The number of piperazine rings is 1. The number of rotatable bonds is 6. The first-order valence-electron chi connectivity index (χ1n) is 9.74. The number of nitrogens with one attached hydrogen (secondary N) is 1. The maximum Gasteiger partial charge on any atom is 0.337 e. The summed E-state index contributed by atoms with van der Waals surface area (Å²) < 4.78 is 17.9. The number of ether oxygens (including phenoxy) is 1. The Labute approximate surface area is 170 Å². The van der Waals surface area contributed by atoms with Crippen LogP contribution in [0.1, 0.15) is 22.8 Å². The molecule has 0 radical (unpaired) electrons. The van der Waals surface area contributed by atoms with Crippen LogP contribution in [0.3, 0.4) is 0 Å². The smallest absolute Gasteiger partial charge is 0.337 e. The summed E-state index contributed by atoms with van der Waals surface area (Å²) in [5.41, 5.74) is 2.54. The Balaban J connectivity index is 1.80. The largest absolute Gasteiger partial charge is 0.465 e. The maximum atomic E-state index is 13.1. The van der Waals surface area contributed by atoms with Crippen LogP contribution in [0.25, 0.3) is 0 Å². The fourth-order valence-corrected chi connectivity index (χ4v) is 3.44. The molecule has 29 heavy (non-hydrogen) atoms. The van der Waals surface area contributed by atoms with Crippen LogP contribution >= 0.6 is 0 Å². The number of carbonyl (C=O) groups excluding carboxylic acids is 2. The van der Waals surface area contributed by atoms with E-state index in [2.05, 4.69) is 22.0 Å². The number of hydrogen-bond donors (Lipinski definition) is 1. The summed E-state index contributed by atoms with van der Waals surface area (Å²) in [7, 11) is 1.33. The van der Waals surface area contributed by atoms with Gasteiger partial charge in [0.2, 0.25) is 5.91 Å². The van der Waals surface area contributed by atoms with Crippen LogP contribution in [-0.2, 0) is 16.0 Å². The predicted octanol–water partition coefficient (Wildman–Crippen LogP) is 2.94. The number of esters is 1. The van der Waals surface area contributed by atoms with Crippen molar-refractivity contribution in [1.82, 2.24) is 4.90 Å². The van der Waals surface area contributed by atoms with E-state index in [9.17, 15) is 14.0 Å². The van der Waals surface area contributed by atoms with Gasteiger partial charge in [-0.1, -0.05) is 19.1 Å². The minimum absolute atomic E-state index is 0.117. The second-order valence-corrected chi connectivity index (χ2v) is 7.00. The third-order valence-electron chi connectivity index (χ3n) is 5.13. The molecule has 0 aliphatic carbocycles. The van der Waals surface area contributed by atoms with Gasteiger partial charge in [-0.2, -0.15) is 0 Å². The SMILES string of the molecule is CCN1CCN(c2ccc(C(=O)OC)cc2NC(=O)Cc2ccc(F)cc2)CC1. The molecule has 0 saturated carbocycles. The van der Waals surface area contributed by atoms with Gasteiger partial charge in [-0.3, -0.25) is 4.79 Å². The van der Waals surface area contributed by atoms with Crippen molar-refractivity contribution in [2.75, 3.05) is 50.1 Å². The van der Waals surface area contributed by atoms with E-state index in [1.807, 2.05) is 6.07 Å². The topological polar surface area (TPSA) is 61.9 Å². The molecule has 0 spiro atoms. The average Bonchev–Trinajstić information content (AvgIpc) is 2.75. The second-order valence-electron chi connectivity index (χ2n) is 7.00. The average molecular weight is 399 g/mol. The van der Waals surface area contributed by atoms with Gasteiger partial charge in [0.25, 0.3) is 0 Å². The summed E-state index contributed by atoms with van der Waals surface area (Å²) in [4.78, 5) is 29.1. The van der Waals surface area contributed by atoms with Crippen molar-refractivity contribution in [2.45, 2.75) is 13.3 Å². The van der Waals surface area contributed by atoms with Gasteiger partial charge in [0.05, 0.1) is 30.5 Å². The number of amides is 1. The van der Waals surface area contributed by atoms with Crippen LogP contribution in [-0.4, -0.2) is 56.6 Å². The van der Waals surface area contributed by atoms with Gasteiger partial charge in [0.15, 0.2) is 0 Å². The first-order valence-corrected chi connectivity index (χ1v) is 9.74. The molecule has 0 bridgehead atoms. The van der Waals surface area contributed by atoms with Crippen molar-refractivity contribution < 1.29 is 18.7 Å². The number of halogens is 1. The van der Waals surface area contributed by atoms with Crippen LogP contribution in [0.2, 0.25) is 0 Å². The molecule has 2 aromatic carbocycles. The quantitative estimate of drug-likeness (QED) is 0.757. The Kier molecular flexibility index (Phi) is 6.82. The van der Waals surface area contributed by atoms with Gasteiger partial charge in [0.1, 0.15) is 5.82 Å². The van der Waals surface area contributed by atoms with Crippen molar-refractivity contribution in [3.63, 3.8) is 0 Å². The number of carbonyl (C=O) groups is 2. The second kappa shape index (κ2) is 9.52. The van der Waals surface area contributed by atoms with Gasteiger partial charge in [-0.25, -0.2) is 9.18 Å². The number of methoxy groups -OCH3 is 1. The summed E-state index contributed by atoms with van der Waals surface area (Å²) in [5, 5.41) is 2.92. The predicted molar refractivity (Wildman–Crippen MR) is 111 cm³/mol. The summed E-state index contributed by atoms with van der Waals surface area (Å²) in [5.74, 6) is -1.03. The van der Waals surface area contributed by atoms with Gasteiger partial charge in [0, 0.05) is 26.2 Å². The Morgan fingerprint density at radius 2 is 1.76 bits per heavy atom. The molecule has 1 aliphatic heterocycles. The normalized spacial score (nSPS) is 14.5. The molecule has 1 heterocycles. The van der Waals surface area contributed by atoms with E-state index in [1.54, 1.807) is 24.3 Å². The highest BCUT2D eigenvalue weighted by atomic mass is 19.1. The molecule has 1 aliphatic rings. The number of benzene rings is 2. The van der Waals surface area contributed by atoms with Crippen LogP contribution in [0.5, 0.6) is 0 Å². The lowest BCUT2D eigenvalue weighted by Crippen LogP contribution is -2.46. The Bertz CT molecular complexity index is 862. The lowest BCUT2D eigenvalue weighted by molar-refractivity contribution is -0.115. The van der Waals surface area contributed by atoms with E-state index in [1.165, 1.54) is 19.2 Å². The van der Waals surface area contributed by atoms with Gasteiger partial charge in [-0.05, 0) is 42.4 Å². The molecular weight excluding hydrogens is 373 g/mol. The van der Waals surface area contributed by atoms with Crippen LogP contribution < -0.4 is 10.2 Å². The van der Waals surface area contributed by atoms with Crippen LogP contribution in [0, 0.1) is 5.82 Å². The van der Waals surface area contributed by atoms with Crippen molar-refractivity contribution in [2.24, 2.45) is 0 Å². The van der Waals surface area contributed by atoms with E-state index < -0.39 is 5.97 Å². The van der Waals surface area contributed by atoms with E-state index in [4.69, 9.17) is 4.74 Å². The lowest BCUT2D eigenvalue weighted by atomic mass is 10.1. The highest BCUT2D eigenvalue weighted by molar-refractivity contribution is 5.98. The first-order chi connectivity index (χ1) is 14.0. The van der Waals surface area contributed by atoms with Crippen molar-refractivity contribution in [1.29, 1.82) is 0 Å². The summed E-state index contributed by atoms with van der Waals surface area (Å²) in [6.07, 6.45) is 0.117. The fourth-order valence-electron chi connectivity index (χ4n) is 3.44.